The largest absolute Gasteiger partial charge is 0.481 e. The first-order valence-electron chi connectivity index (χ1n) is 5.50. The highest BCUT2D eigenvalue weighted by molar-refractivity contribution is 7.16. The number of hydrogen-bond acceptors (Lipinski definition) is 4. The lowest BCUT2D eigenvalue weighted by atomic mass is 10.2. The molecule has 0 aliphatic heterocycles. The number of aromatic nitrogens is 1. The Labute approximate surface area is 107 Å². The molecule has 0 radical (unpaired) electrons. The molecule has 0 saturated heterocycles. The average Bonchev–Trinajstić information content (AvgIpc) is 2.75. The number of nitrogens with zero attached hydrogens (tertiary/aromatic N) is 1. The summed E-state index contributed by atoms with van der Waals surface area (Å²) in [6.45, 7) is 0. The molecule has 0 bridgehead atoms. The molecule has 18 heavy (non-hydrogen) atoms. The Morgan fingerprint density at radius 1 is 1.33 bits per heavy atom. The second-order valence-electron chi connectivity index (χ2n) is 3.83. The minimum absolute atomic E-state index is 0.0152. The third-order valence-corrected chi connectivity index (χ3v) is 3.20. The molecular formula is C12H12N2O3S. The molecule has 1 aromatic carbocycles. The fourth-order valence-electron chi connectivity index (χ4n) is 1.56. The second kappa shape index (κ2) is 5.59. The molecular weight excluding hydrogens is 252 g/mol. The highest BCUT2D eigenvalue weighted by Crippen LogP contribution is 2.21. The van der Waals surface area contributed by atoms with Crippen LogP contribution < -0.4 is 5.32 Å². The van der Waals surface area contributed by atoms with Gasteiger partial charge in [0, 0.05) is 18.5 Å². The van der Waals surface area contributed by atoms with E-state index >= 15 is 0 Å². The van der Waals surface area contributed by atoms with Gasteiger partial charge in [0.05, 0.1) is 15.7 Å². The van der Waals surface area contributed by atoms with Crippen LogP contribution in [-0.2, 0) is 9.59 Å². The number of thiazole rings is 1. The summed E-state index contributed by atoms with van der Waals surface area (Å²) >= 11 is 1.51. The van der Waals surface area contributed by atoms with Crippen molar-refractivity contribution in [3.05, 3.63) is 23.7 Å². The van der Waals surface area contributed by atoms with Gasteiger partial charge in [-0.3, -0.25) is 9.59 Å². The lowest BCUT2D eigenvalue weighted by molar-refractivity contribution is -0.137. The number of fused-ring (bicyclic) bond motifs is 1. The fraction of sp³-hybridized carbons (Fsp3) is 0.250. The van der Waals surface area contributed by atoms with E-state index in [0.717, 1.165) is 10.2 Å². The Bertz CT molecular complexity index is 579. The molecule has 5 nitrogen and oxygen atoms in total. The van der Waals surface area contributed by atoms with E-state index < -0.39 is 5.97 Å². The summed E-state index contributed by atoms with van der Waals surface area (Å²) in [5, 5.41) is 11.2. The number of amides is 1. The molecule has 0 unspecified atom stereocenters. The van der Waals surface area contributed by atoms with Crippen molar-refractivity contribution in [2.24, 2.45) is 0 Å². The Hall–Kier alpha value is -1.95. The lowest BCUT2D eigenvalue weighted by Gasteiger charge is -2.04. The van der Waals surface area contributed by atoms with E-state index in [1.54, 1.807) is 11.6 Å². The molecule has 0 fully saturated rings. The molecule has 1 amide bonds. The molecule has 2 N–H and O–H groups in total. The predicted molar refractivity (Wildman–Crippen MR) is 69.7 cm³/mol. The number of benzene rings is 1. The number of anilines is 1. The minimum atomic E-state index is -0.881. The number of aliphatic carboxylic acids is 1. The van der Waals surface area contributed by atoms with Crippen LogP contribution in [0.4, 0.5) is 5.69 Å². The quantitative estimate of drug-likeness (QED) is 0.869. The van der Waals surface area contributed by atoms with Crippen molar-refractivity contribution < 1.29 is 14.7 Å². The highest BCUT2D eigenvalue weighted by Gasteiger charge is 2.05. The maximum Gasteiger partial charge on any atom is 0.303 e. The van der Waals surface area contributed by atoms with Crippen molar-refractivity contribution in [2.45, 2.75) is 19.3 Å². The molecule has 0 spiro atoms. The summed E-state index contributed by atoms with van der Waals surface area (Å²) in [4.78, 5) is 26.0. The summed E-state index contributed by atoms with van der Waals surface area (Å²) in [6.07, 6.45) is 0.582. The minimum Gasteiger partial charge on any atom is -0.481 e. The number of hydrogen-bond donors (Lipinski definition) is 2. The number of carbonyl (C=O) groups is 2. The zero-order chi connectivity index (χ0) is 13.0. The van der Waals surface area contributed by atoms with Gasteiger partial charge in [-0.05, 0) is 24.6 Å². The molecule has 2 rings (SSSR count). The maximum absolute atomic E-state index is 11.6. The van der Waals surface area contributed by atoms with Gasteiger partial charge in [0.2, 0.25) is 5.91 Å². The van der Waals surface area contributed by atoms with Gasteiger partial charge in [-0.2, -0.15) is 0 Å². The third kappa shape index (κ3) is 3.27. The molecule has 1 aromatic heterocycles. The first-order valence-corrected chi connectivity index (χ1v) is 6.38. The van der Waals surface area contributed by atoms with E-state index in [9.17, 15) is 9.59 Å². The van der Waals surface area contributed by atoms with Gasteiger partial charge < -0.3 is 10.4 Å². The SMILES string of the molecule is O=C(O)CCCC(=O)Nc1ccc2ncsc2c1. The molecule has 2 aromatic rings. The predicted octanol–water partition coefficient (Wildman–Crippen LogP) is 2.49. The van der Waals surface area contributed by atoms with Crippen LogP contribution in [-0.4, -0.2) is 22.0 Å². The standard InChI is InChI=1S/C12H12N2O3S/c15-11(2-1-3-12(16)17)14-8-4-5-9-10(6-8)18-7-13-9/h4-7H,1-3H2,(H,14,15)(H,16,17). The van der Waals surface area contributed by atoms with E-state index in [4.69, 9.17) is 5.11 Å². The Morgan fingerprint density at radius 2 is 2.17 bits per heavy atom. The van der Waals surface area contributed by atoms with Crippen LogP contribution >= 0.6 is 11.3 Å². The topological polar surface area (TPSA) is 79.3 Å². The van der Waals surface area contributed by atoms with Crippen molar-refractivity contribution in [2.75, 3.05) is 5.32 Å². The number of carboxylic acid groups (broad SMARTS) is 1. The van der Waals surface area contributed by atoms with Gasteiger partial charge in [-0.15, -0.1) is 11.3 Å². The molecule has 6 heteroatoms. The van der Waals surface area contributed by atoms with Crippen LogP contribution in [0, 0.1) is 0 Å². The van der Waals surface area contributed by atoms with E-state index in [2.05, 4.69) is 10.3 Å². The van der Waals surface area contributed by atoms with Crippen molar-refractivity contribution in [3.63, 3.8) is 0 Å². The number of nitrogens with one attached hydrogen (secondary N) is 1. The van der Waals surface area contributed by atoms with Gasteiger partial charge in [0.25, 0.3) is 0 Å². The highest BCUT2D eigenvalue weighted by atomic mass is 32.1. The Kier molecular flexibility index (Phi) is 3.88. The maximum atomic E-state index is 11.6. The smallest absolute Gasteiger partial charge is 0.303 e. The first-order chi connectivity index (χ1) is 8.65. The average molecular weight is 264 g/mol. The summed E-state index contributed by atoms with van der Waals surface area (Å²) < 4.78 is 1.01. The van der Waals surface area contributed by atoms with Gasteiger partial charge in [0.1, 0.15) is 0 Å². The van der Waals surface area contributed by atoms with Crippen molar-refractivity contribution in [1.29, 1.82) is 0 Å². The number of carbonyl (C=O) groups excluding carboxylic acids is 1. The number of carboxylic acids is 1. The summed E-state index contributed by atoms with van der Waals surface area (Å²) in [5.74, 6) is -1.05. The zero-order valence-electron chi connectivity index (χ0n) is 9.55. The van der Waals surface area contributed by atoms with E-state index in [1.807, 2.05) is 12.1 Å². The van der Waals surface area contributed by atoms with Crippen LogP contribution in [0.3, 0.4) is 0 Å². The lowest BCUT2D eigenvalue weighted by Crippen LogP contribution is -2.11. The van der Waals surface area contributed by atoms with E-state index in [-0.39, 0.29) is 18.7 Å². The van der Waals surface area contributed by atoms with Gasteiger partial charge in [-0.25, -0.2) is 4.98 Å². The summed E-state index contributed by atoms with van der Waals surface area (Å²) in [7, 11) is 0. The van der Waals surface area contributed by atoms with Crippen LogP contribution in [0.15, 0.2) is 23.7 Å². The molecule has 1 heterocycles. The molecule has 0 atom stereocenters. The monoisotopic (exact) mass is 264 g/mol. The fourth-order valence-corrected chi connectivity index (χ4v) is 2.27. The molecule has 0 aliphatic carbocycles. The number of rotatable bonds is 5. The van der Waals surface area contributed by atoms with E-state index in [0.29, 0.717) is 12.1 Å². The molecule has 0 saturated carbocycles. The Morgan fingerprint density at radius 3 is 2.94 bits per heavy atom. The summed E-state index contributed by atoms with van der Waals surface area (Å²) in [6, 6.07) is 5.50. The van der Waals surface area contributed by atoms with Crippen LogP contribution in [0.5, 0.6) is 0 Å². The van der Waals surface area contributed by atoms with Crippen molar-refractivity contribution in [3.8, 4) is 0 Å². The normalized spacial score (nSPS) is 10.4. The van der Waals surface area contributed by atoms with Crippen LogP contribution in [0.1, 0.15) is 19.3 Å². The van der Waals surface area contributed by atoms with Crippen LogP contribution in [0.25, 0.3) is 10.2 Å². The zero-order valence-corrected chi connectivity index (χ0v) is 10.4. The Balaban J connectivity index is 1.91. The van der Waals surface area contributed by atoms with Crippen LogP contribution in [0.2, 0.25) is 0 Å². The second-order valence-corrected chi connectivity index (χ2v) is 4.72. The van der Waals surface area contributed by atoms with Gasteiger partial charge in [-0.1, -0.05) is 0 Å². The van der Waals surface area contributed by atoms with Crippen molar-refractivity contribution in [1.82, 2.24) is 4.98 Å². The third-order valence-electron chi connectivity index (χ3n) is 2.41. The summed E-state index contributed by atoms with van der Waals surface area (Å²) in [5.41, 5.74) is 3.37. The molecule has 94 valence electrons. The van der Waals surface area contributed by atoms with Gasteiger partial charge >= 0.3 is 5.97 Å². The first kappa shape index (κ1) is 12.5. The van der Waals surface area contributed by atoms with E-state index in [1.165, 1.54) is 11.3 Å². The van der Waals surface area contributed by atoms with Crippen molar-refractivity contribution >= 4 is 39.1 Å². The van der Waals surface area contributed by atoms with Gasteiger partial charge in [0.15, 0.2) is 0 Å². The molecule has 0 aliphatic rings.